The zero-order chi connectivity index (χ0) is 9.68. The topological polar surface area (TPSA) is 49.8 Å². The van der Waals surface area contributed by atoms with Gasteiger partial charge in [0.25, 0.3) is 0 Å². The van der Waals surface area contributed by atoms with E-state index in [1.165, 1.54) is 0 Å². The molecule has 2 heteroatoms. The van der Waals surface area contributed by atoms with Crippen molar-refractivity contribution in [2.24, 2.45) is 0 Å². The van der Waals surface area contributed by atoms with Gasteiger partial charge >= 0.3 is 0 Å². The predicted octanol–water partition coefficient (Wildman–Crippen LogP) is 1.84. The molecule has 1 aromatic rings. The standard InChI is InChI=1S/C11H10N2/c1-9-5-6-10(8-11(9)13)4-2-3-7-12/h5-6,8H,3,13H2,1H3. The Morgan fingerprint density at radius 3 is 2.85 bits per heavy atom. The van der Waals surface area contributed by atoms with Crippen molar-refractivity contribution in [1.82, 2.24) is 0 Å². The molecule has 1 rings (SSSR count). The summed E-state index contributed by atoms with van der Waals surface area (Å²) in [5.41, 5.74) is 8.34. The van der Waals surface area contributed by atoms with Crippen molar-refractivity contribution in [2.45, 2.75) is 13.3 Å². The molecule has 0 aliphatic carbocycles. The van der Waals surface area contributed by atoms with E-state index in [1.54, 1.807) is 0 Å². The van der Waals surface area contributed by atoms with Crippen LogP contribution in [-0.2, 0) is 0 Å². The van der Waals surface area contributed by atoms with Gasteiger partial charge in [-0.25, -0.2) is 0 Å². The lowest BCUT2D eigenvalue weighted by Crippen LogP contribution is -1.89. The summed E-state index contributed by atoms with van der Waals surface area (Å²) in [4.78, 5) is 0. The lowest BCUT2D eigenvalue weighted by molar-refractivity contribution is 1.39. The number of anilines is 1. The first-order valence-corrected chi connectivity index (χ1v) is 3.96. The van der Waals surface area contributed by atoms with Gasteiger partial charge in [-0.05, 0) is 24.6 Å². The van der Waals surface area contributed by atoms with Crippen LogP contribution >= 0.6 is 0 Å². The Hall–Kier alpha value is -1.93. The van der Waals surface area contributed by atoms with Gasteiger partial charge in [-0.2, -0.15) is 5.26 Å². The molecule has 0 aliphatic heterocycles. The van der Waals surface area contributed by atoms with E-state index in [2.05, 4.69) is 11.8 Å². The average molecular weight is 170 g/mol. The molecular weight excluding hydrogens is 160 g/mol. The van der Waals surface area contributed by atoms with Gasteiger partial charge in [0.05, 0.1) is 12.5 Å². The van der Waals surface area contributed by atoms with Crippen LogP contribution < -0.4 is 5.73 Å². The van der Waals surface area contributed by atoms with Crippen molar-refractivity contribution in [2.75, 3.05) is 5.73 Å². The zero-order valence-electron chi connectivity index (χ0n) is 7.46. The van der Waals surface area contributed by atoms with Gasteiger partial charge in [0.2, 0.25) is 0 Å². The van der Waals surface area contributed by atoms with Crippen LogP contribution in [-0.4, -0.2) is 0 Å². The maximum absolute atomic E-state index is 8.27. The minimum absolute atomic E-state index is 0.258. The fourth-order valence-electron chi connectivity index (χ4n) is 0.904. The van der Waals surface area contributed by atoms with Crippen LogP contribution in [0.25, 0.3) is 0 Å². The molecule has 0 unspecified atom stereocenters. The third-order valence-corrected chi connectivity index (χ3v) is 1.68. The number of nitrogens with zero attached hydrogens (tertiary/aromatic N) is 1. The molecule has 0 saturated carbocycles. The van der Waals surface area contributed by atoms with E-state index in [4.69, 9.17) is 11.0 Å². The molecule has 0 spiro atoms. The molecule has 0 bridgehead atoms. The quantitative estimate of drug-likeness (QED) is 0.477. The molecule has 13 heavy (non-hydrogen) atoms. The number of hydrogen-bond donors (Lipinski definition) is 1. The zero-order valence-corrected chi connectivity index (χ0v) is 7.46. The molecule has 0 fully saturated rings. The average Bonchev–Trinajstić information content (AvgIpc) is 2.12. The molecule has 2 N–H and O–H groups in total. The van der Waals surface area contributed by atoms with Crippen molar-refractivity contribution in [3.63, 3.8) is 0 Å². The minimum atomic E-state index is 0.258. The summed E-state index contributed by atoms with van der Waals surface area (Å²) < 4.78 is 0. The van der Waals surface area contributed by atoms with E-state index in [0.29, 0.717) is 0 Å². The molecule has 1 aromatic carbocycles. The fraction of sp³-hybridized carbons (Fsp3) is 0.182. The van der Waals surface area contributed by atoms with Crippen molar-refractivity contribution in [3.05, 3.63) is 29.3 Å². The molecule has 64 valence electrons. The Bertz CT molecular complexity index is 402. The number of nitrogen functional groups attached to an aromatic ring is 1. The molecule has 0 heterocycles. The predicted molar refractivity (Wildman–Crippen MR) is 52.7 cm³/mol. The van der Waals surface area contributed by atoms with Crippen LogP contribution in [0.2, 0.25) is 0 Å². The Morgan fingerprint density at radius 2 is 2.23 bits per heavy atom. The fourth-order valence-corrected chi connectivity index (χ4v) is 0.904. The third kappa shape index (κ3) is 2.54. The lowest BCUT2D eigenvalue weighted by Gasteiger charge is -1.98. The number of benzene rings is 1. The Balaban J connectivity index is 2.89. The van der Waals surface area contributed by atoms with Gasteiger partial charge in [0.15, 0.2) is 0 Å². The monoisotopic (exact) mass is 170 g/mol. The van der Waals surface area contributed by atoms with E-state index >= 15 is 0 Å². The maximum atomic E-state index is 8.27. The summed E-state index contributed by atoms with van der Waals surface area (Å²) in [6.07, 6.45) is 0.258. The molecule has 2 nitrogen and oxygen atoms in total. The SMILES string of the molecule is Cc1ccc(C#CCC#N)cc1N. The Morgan fingerprint density at radius 1 is 1.46 bits per heavy atom. The number of rotatable bonds is 0. The largest absolute Gasteiger partial charge is 0.398 e. The van der Waals surface area contributed by atoms with E-state index < -0.39 is 0 Å². The second-order valence-electron chi connectivity index (χ2n) is 2.71. The summed E-state index contributed by atoms with van der Waals surface area (Å²) >= 11 is 0. The smallest absolute Gasteiger partial charge is 0.0966 e. The number of nitriles is 1. The molecule has 0 saturated heterocycles. The summed E-state index contributed by atoms with van der Waals surface area (Å²) in [6.45, 7) is 1.95. The van der Waals surface area contributed by atoms with Crippen LogP contribution in [0.3, 0.4) is 0 Å². The number of hydrogen-bond acceptors (Lipinski definition) is 2. The van der Waals surface area contributed by atoms with Crippen LogP contribution in [0.4, 0.5) is 5.69 Å². The summed E-state index contributed by atoms with van der Waals surface area (Å²) in [6, 6.07) is 7.60. The highest BCUT2D eigenvalue weighted by Gasteiger charge is 1.92. The summed E-state index contributed by atoms with van der Waals surface area (Å²) in [5.74, 6) is 5.59. The first-order chi connectivity index (χ1) is 6.24. The molecule has 0 amide bonds. The number of nitrogens with two attached hydrogens (primary N) is 1. The molecule has 0 radical (unpaired) electrons. The van der Waals surface area contributed by atoms with Gasteiger partial charge in [-0.15, -0.1) is 0 Å². The summed E-state index contributed by atoms with van der Waals surface area (Å²) in [7, 11) is 0. The van der Waals surface area contributed by atoms with Crippen molar-refractivity contribution < 1.29 is 0 Å². The van der Waals surface area contributed by atoms with Crippen molar-refractivity contribution in [1.29, 1.82) is 5.26 Å². The Kier molecular flexibility index (Phi) is 2.95. The van der Waals surface area contributed by atoms with Crippen LogP contribution in [0.15, 0.2) is 18.2 Å². The second-order valence-corrected chi connectivity index (χ2v) is 2.71. The first-order valence-electron chi connectivity index (χ1n) is 3.96. The van der Waals surface area contributed by atoms with E-state index in [1.807, 2.05) is 31.2 Å². The van der Waals surface area contributed by atoms with Crippen molar-refractivity contribution in [3.8, 4) is 17.9 Å². The molecule has 0 aromatic heterocycles. The second kappa shape index (κ2) is 4.18. The van der Waals surface area contributed by atoms with Crippen LogP contribution in [0, 0.1) is 30.1 Å². The van der Waals surface area contributed by atoms with E-state index in [0.717, 1.165) is 16.8 Å². The molecular formula is C11H10N2. The number of aryl methyl sites for hydroxylation is 1. The normalized spacial score (nSPS) is 8.31. The lowest BCUT2D eigenvalue weighted by atomic mass is 10.1. The Labute approximate surface area is 78.0 Å². The highest BCUT2D eigenvalue weighted by molar-refractivity contribution is 5.52. The maximum Gasteiger partial charge on any atom is 0.0966 e. The van der Waals surface area contributed by atoms with Crippen LogP contribution in [0.5, 0.6) is 0 Å². The summed E-state index contributed by atoms with van der Waals surface area (Å²) in [5, 5.41) is 8.27. The van der Waals surface area contributed by atoms with Gasteiger partial charge < -0.3 is 5.73 Å². The van der Waals surface area contributed by atoms with E-state index in [-0.39, 0.29) is 6.42 Å². The molecule has 0 aliphatic rings. The first kappa shape index (κ1) is 9.16. The van der Waals surface area contributed by atoms with Crippen molar-refractivity contribution >= 4 is 5.69 Å². The highest BCUT2D eigenvalue weighted by Crippen LogP contribution is 2.11. The van der Waals surface area contributed by atoms with Gasteiger partial charge in [-0.3, -0.25) is 0 Å². The van der Waals surface area contributed by atoms with Crippen LogP contribution in [0.1, 0.15) is 17.5 Å². The van der Waals surface area contributed by atoms with Gasteiger partial charge in [-0.1, -0.05) is 17.9 Å². The van der Waals surface area contributed by atoms with Gasteiger partial charge in [0, 0.05) is 11.3 Å². The molecule has 0 atom stereocenters. The van der Waals surface area contributed by atoms with Gasteiger partial charge in [0.1, 0.15) is 0 Å². The third-order valence-electron chi connectivity index (χ3n) is 1.68. The minimum Gasteiger partial charge on any atom is -0.398 e. The highest BCUT2D eigenvalue weighted by atomic mass is 14.5. The van der Waals surface area contributed by atoms with E-state index in [9.17, 15) is 0 Å².